The van der Waals surface area contributed by atoms with E-state index in [1.165, 1.54) is 12.7 Å². The van der Waals surface area contributed by atoms with Gasteiger partial charge < -0.3 is 20.3 Å². The van der Waals surface area contributed by atoms with Crippen LogP contribution in [0.25, 0.3) is 11.2 Å². The molecule has 0 saturated carbocycles. The molecular weight excluding hydrogens is 352 g/mol. The first-order valence-electron chi connectivity index (χ1n) is 8.40. The predicted octanol–water partition coefficient (Wildman–Crippen LogP) is 1.11. The molecule has 0 unspecified atom stereocenters. The number of hydrogen-bond acceptors (Lipinski definition) is 7. The van der Waals surface area contributed by atoms with Crippen molar-refractivity contribution in [3.05, 3.63) is 43.0 Å². The summed E-state index contributed by atoms with van der Waals surface area (Å²) in [5, 5.41) is 24.5. The minimum absolute atomic E-state index is 0.254. The van der Waals surface area contributed by atoms with Crippen molar-refractivity contribution in [1.82, 2.24) is 19.5 Å². The van der Waals surface area contributed by atoms with Crippen LogP contribution in [0.1, 0.15) is 12.6 Å². The van der Waals surface area contributed by atoms with Crippen LogP contribution in [0.2, 0.25) is 0 Å². The Hall–Kier alpha value is -3.08. The molecule has 27 heavy (non-hydrogen) atoms. The second-order valence-corrected chi connectivity index (χ2v) is 6.11. The standard InChI is InChI=1S/C17H18N6O4/c24-7-12-11(25)6-13(27-12)23-9-20-14-15(18-8-19-16(14)23)22-17(26)21-10-4-2-1-3-5-10/h1-5,8-9,11-13,24-25H,6-7H2,(H2,18,19,21,22,26)/t11-,12+,13+/m0/s1. The molecule has 0 radical (unpaired) electrons. The minimum Gasteiger partial charge on any atom is -0.394 e. The molecule has 4 N–H and O–H groups in total. The summed E-state index contributed by atoms with van der Waals surface area (Å²) in [7, 11) is 0. The van der Waals surface area contributed by atoms with Gasteiger partial charge in [0, 0.05) is 12.1 Å². The van der Waals surface area contributed by atoms with Crippen molar-refractivity contribution in [2.45, 2.75) is 24.9 Å². The van der Waals surface area contributed by atoms with E-state index in [0.29, 0.717) is 23.3 Å². The zero-order valence-electron chi connectivity index (χ0n) is 14.2. The Morgan fingerprint density at radius 1 is 1.22 bits per heavy atom. The lowest BCUT2D eigenvalue weighted by Crippen LogP contribution is -2.24. The van der Waals surface area contributed by atoms with E-state index in [9.17, 15) is 15.0 Å². The Kier molecular flexibility index (Phi) is 4.67. The Bertz CT molecular complexity index is 947. The van der Waals surface area contributed by atoms with Crippen molar-refractivity contribution in [1.29, 1.82) is 0 Å². The van der Waals surface area contributed by atoms with Gasteiger partial charge in [0.05, 0.1) is 19.0 Å². The van der Waals surface area contributed by atoms with E-state index < -0.39 is 24.5 Å². The Morgan fingerprint density at radius 3 is 2.78 bits per heavy atom. The molecule has 3 aromatic rings. The van der Waals surface area contributed by atoms with E-state index in [0.717, 1.165) is 0 Å². The molecule has 0 aliphatic carbocycles. The van der Waals surface area contributed by atoms with Crippen LogP contribution in [0.3, 0.4) is 0 Å². The van der Waals surface area contributed by atoms with Crippen LogP contribution in [0.15, 0.2) is 43.0 Å². The van der Waals surface area contributed by atoms with E-state index in [4.69, 9.17) is 4.74 Å². The summed E-state index contributed by atoms with van der Waals surface area (Å²) in [4.78, 5) is 24.8. The minimum atomic E-state index is -0.770. The second kappa shape index (κ2) is 7.27. The quantitative estimate of drug-likeness (QED) is 0.540. The maximum Gasteiger partial charge on any atom is 0.324 e. The van der Waals surface area contributed by atoms with Crippen LogP contribution in [-0.4, -0.2) is 54.6 Å². The number of benzene rings is 1. The van der Waals surface area contributed by atoms with Gasteiger partial charge in [-0.1, -0.05) is 18.2 Å². The number of ether oxygens (including phenoxy) is 1. The molecule has 3 heterocycles. The van der Waals surface area contributed by atoms with E-state index in [1.54, 1.807) is 16.7 Å². The number of aliphatic hydroxyl groups is 2. The number of rotatable bonds is 4. The highest BCUT2D eigenvalue weighted by Crippen LogP contribution is 2.31. The highest BCUT2D eigenvalue weighted by molar-refractivity contribution is 6.02. The van der Waals surface area contributed by atoms with Crippen LogP contribution >= 0.6 is 0 Å². The van der Waals surface area contributed by atoms with E-state index in [1.807, 2.05) is 18.2 Å². The van der Waals surface area contributed by atoms with E-state index in [-0.39, 0.29) is 12.4 Å². The lowest BCUT2D eigenvalue weighted by molar-refractivity contribution is -0.0432. The number of amides is 2. The number of nitrogens with one attached hydrogen (secondary N) is 2. The smallest absolute Gasteiger partial charge is 0.324 e. The third kappa shape index (κ3) is 3.45. The summed E-state index contributed by atoms with van der Waals surface area (Å²) in [6, 6.07) is 8.57. The van der Waals surface area contributed by atoms with Gasteiger partial charge in [-0.15, -0.1) is 0 Å². The molecule has 0 spiro atoms. The topological polar surface area (TPSA) is 134 Å². The molecule has 1 aliphatic rings. The number of urea groups is 1. The molecule has 1 fully saturated rings. The number of hydrogen-bond donors (Lipinski definition) is 4. The summed E-state index contributed by atoms with van der Waals surface area (Å²) >= 11 is 0. The summed E-state index contributed by atoms with van der Waals surface area (Å²) in [6.07, 6.45) is 1.20. The number of anilines is 2. The normalized spacial score (nSPS) is 22.1. The van der Waals surface area contributed by atoms with Crippen LogP contribution in [-0.2, 0) is 4.74 Å². The Balaban J connectivity index is 1.55. The van der Waals surface area contributed by atoms with E-state index >= 15 is 0 Å². The first-order chi connectivity index (χ1) is 13.2. The molecule has 2 aromatic heterocycles. The van der Waals surface area contributed by atoms with Crippen LogP contribution in [0, 0.1) is 0 Å². The number of imidazole rings is 1. The maximum atomic E-state index is 12.2. The highest BCUT2D eigenvalue weighted by atomic mass is 16.5. The van der Waals surface area contributed by atoms with Gasteiger partial charge >= 0.3 is 6.03 Å². The summed E-state index contributed by atoms with van der Waals surface area (Å²) in [6.45, 7) is -0.272. The number of nitrogens with zero attached hydrogens (tertiary/aromatic N) is 4. The van der Waals surface area contributed by atoms with E-state index in [2.05, 4.69) is 25.6 Å². The SMILES string of the molecule is O=C(Nc1ccccc1)Nc1ncnc2c1ncn2[C@H]1C[C@H](O)[C@@H](CO)O1. The van der Waals surface area contributed by atoms with Crippen LogP contribution in [0.5, 0.6) is 0 Å². The Morgan fingerprint density at radius 2 is 2.04 bits per heavy atom. The van der Waals surface area contributed by atoms with Crippen molar-refractivity contribution in [2.24, 2.45) is 0 Å². The fourth-order valence-electron chi connectivity index (χ4n) is 3.00. The van der Waals surface area contributed by atoms with Gasteiger partial charge in [-0.2, -0.15) is 0 Å². The first kappa shape index (κ1) is 17.3. The maximum absolute atomic E-state index is 12.2. The first-order valence-corrected chi connectivity index (χ1v) is 8.40. The summed E-state index contributed by atoms with van der Waals surface area (Å²) < 4.78 is 7.29. The number of carbonyl (C=O) groups is 1. The molecule has 4 rings (SSSR count). The number of aromatic nitrogens is 4. The molecule has 140 valence electrons. The molecule has 2 amide bonds. The van der Waals surface area contributed by atoms with Gasteiger partial charge in [0.15, 0.2) is 17.0 Å². The number of carbonyl (C=O) groups excluding carboxylic acids is 1. The van der Waals surface area contributed by atoms with Crippen LogP contribution < -0.4 is 10.6 Å². The number of fused-ring (bicyclic) bond motifs is 1. The monoisotopic (exact) mass is 370 g/mol. The van der Waals surface area contributed by atoms with Crippen molar-refractivity contribution >= 4 is 28.7 Å². The number of para-hydroxylation sites is 1. The van der Waals surface area contributed by atoms with Crippen molar-refractivity contribution in [2.75, 3.05) is 17.2 Å². The average Bonchev–Trinajstić information content (AvgIpc) is 3.26. The van der Waals surface area contributed by atoms with Gasteiger partial charge in [-0.25, -0.2) is 19.7 Å². The molecule has 1 saturated heterocycles. The van der Waals surface area contributed by atoms with Gasteiger partial charge in [0.25, 0.3) is 0 Å². The second-order valence-electron chi connectivity index (χ2n) is 6.11. The zero-order chi connectivity index (χ0) is 18.8. The average molecular weight is 370 g/mol. The molecule has 10 heteroatoms. The fraction of sp³-hybridized carbons (Fsp3) is 0.294. The number of aliphatic hydroxyl groups excluding tert-OH is 2. The molecule has 10 nitrogen and oxygen atoms in total. The summed E-state index contributed by atoms with van der Waals surface area (Å²) in [5.41, 5.74) is 1.50. The zero-order valence-corrected chi connectivity index (χ0v) is 14.2. The molecular formula is C17H18N6O4. The highest BCUT2D eigenvalue weighted by Gasteiger charge is 2.35. The molecule has 0 bridgehead atoms. The lowest BCUT2D eigenvalue weighted by Gasteiger charge is -2.13. The largest absolute Gasteiger partial charge is 0.394 e. The van der Waals surface area contributed by atoms with Gasteiger partial charge in [0.2, 0.25) is 0 Å². The molecule has 1 aromatic carbocycles. The van der Waals surface area contributed by atoms with Crippen LogP contribution in [0.4, 0.5) is 16.3 Å². The third-order valence-corrected chi connectivity index (χ3v) is 4.32. The fourth-order valence-corrected chi connectivity index (χ4v) is 3.00. The van der Waals surface area contributed by atoms with Crippen molar-refractivity contribution in [3.63, 3.8) is 0 Å². The Labute approximate surface area is 153 Å². The van der Waals surface area contributed by atoms with Gasteiger partial charge in [0.1, 0.15) is 18.7 Å². The van der Waals surface area contributed by atoms with Gasteiger partial charge in [-0.05, 0) is 12.1 Å². The van der Waals surface area contributed by atoms with Crippen molar-refractivity contribution < 1.29 is 19.7 Å². The van der Waals surface area contributed by atoms with Gasteiger partial charge in [-0.3, -0.25) is 9.88 Å². The lowest BCUT2D eigenvalue weighted by atomic mass is 10.2. The molecule has 3 atom stereocenters. The van der Waals surface area contributed by atoms with Crippen molar-refractivity contribution in [3.8, 4) is 0 Å². The molecule has 1 aliphatic heterocycles. The summed E-state index contributed by atoms with van der Waals surface area (Å²) in [5.74, 6) is 0.254. The predicted molar refractivity (Wildman–Crippen MR) is 96.0 cm³/mol. The third-order valence-electron chi connectivity index (χ3n) is 4.32.